The molecule has 4 unspecified atom stereocenters. The molecule has 4 aromatic heterocycles. The molecule has 0 spiro atoms. The number of aromatic nitrogens is 5. The molecule has 2 saturated carbocycles. The van der Waals surface area contributed by atoms with Gasteiger partial charge in [-0.1, -0.05) is 56.9 Å². The lowest BCUT2D eigenvalue weighted by Gasteiger charge is -2.55. The number of carboxylic acids is 1. The number of nitrogens with one attached hydrogen (secondary N) is 3. The summed E-state index contributed by atoms with van der Waals surface area (Å²) < 4.78 is 40.4. The minimum Gasteiger partial charge on any atom is -0.476 e. The SMILES string of the molecule is C.Cc1c(-c2ccc(-c3cc4cccc(C(=O)Nc5nc6ccccc6s5)c4[nH]3)nc2C(=O)O)cnn1CC12CC(C)CC(C)(CC(OCCNCCS(=O)(=O)O)C1)C2. The quantitative estimate of drug-likeness (QED) is 0.0525. The van der Waals surface area contributed by atoms with Gasteiger partial charge >= 0.3 is 5.97 Å². The number of rotatable bonds is 14. The van der Waals surface area contributed by atoms with E-state index in [2.05, 4.69) is 39.4 Å². The van der Waals surface area contributed by atoms with E-state index in [1.54, 1.807) is 30.5 Å². The molecule has 2 aliphatic carbocycles. The maximum absolute atomic E-state index is 13.5. The molecule has 312 valence electrons. The molecule has 2 bridgehead atoms. The van der Waals surface area contributed by atoms with Gasteiger partial charge in [-0.25, -0.2) is 14.8 Å². The number of para-hydroxylation sites is 2. The van der Waals surface area contributed by atoms with Crippen LogP contribution in [0.4, 0.5) is 5.13 Å². The van der Waals surface area contributed by atoms with Gasteiger partial charge < -0.3 is 20.1 Å². The van der Waals surface area contributed by atoms with Crippen LogP contribution in [0.15, 0.2) is 66.9 Å². The average molecular weight is 842 g/mol. The highest BCUT2D eigenvalue weighted by atomic mass is 32.2. The maximum Gasteiger partial charge on any atom is 0.355 e. The highest BCUT2D eigenvalue weighted by molar-refractivity contribution is 7.85. The predicted molar refractivity (Wildman–Crippen MR) is 231 cm³/mol. The summed E-state index contributed by atoms with van der Waals surface area (Å²) in [6.07, 6.45) is 6.75. The van der Waals surface area contributed by atoms with Gasteiger partial charge in [0.2, 0.25) is 0 Å². The second kappa shape index (κ2) is 16.6. The fourth-order valence-corrected chi connectivity index (χ4v) is 11.1. The van der Waals surface area contributed by atoms with Gasteiger partial charge in [0.05, 0.1) is 57.3 Å². The van der Waals surface area contributed by atoms with E-state index < -0.39 is 16.1 Å². The molecule has 1 amide bonds. The van der Waals surface area contributed by atoms with Crippen LogP contribution < -0.4 is 10.6 Å². The normalized spacial score (nSPS) is 21.7. The minimum atomic E-state index is -4.01. The van der Waals surface area contributed by atoms with Crippen LogP contribution in [0.1, 0.15) is 79.9 Å². The molecule has 4 atom stereocenters. The van der Waals surface area contributed by atoms with Crippen molar-refractivity contribution in [2.24, 2.45) is 16.7 Å². The zero-order valence-electron chi connectivity index (χ0n) is 32.6. The van der Waals surface area contributed by atoms with Crippen molar-refractivity contribution in [3.05, 3.63) is 83.8 Å². The van der Waals surface area contributed by atoms with Crippen LogP contribution in [0.5, 0.6) is 0 Å². The van der Waals surface area contributed by atoms with E-state index in [0.717, 1.165) is 53.4 Å². The molecular weight excluding hydrogens is 791 g/mol. The Morgan fingerprint density at radius 3 is 2.63 bits per heavy atom. The Morgan fingerprint density at radius 2 is 1.85 bits per heavy atom. The van der Waals surface area contributed by atoms with Gasteiger partial charge in [-0.15, -0.1) is 0 Å². The number of H-pyrrole nitrogens is 1. The lowest BCUT2D eigenvalue weighted by molar-refractivity contribution is -0.109. The number of aromatic carboxylic acids is 1. The number of pyridine rings is 1. The number of benzene rings is 2. The third-order valence-corrected chi connectivity index (χ3v) is 13.3. The Morgan fingerprint density at radius 1 is 1.03 bits per heavy atom. The number of carbonyl (C=O) groups excluding carboxylic acids is 1. The molecule has 4 heterocycles. The second-order valence-corrected chi connectivity index (χ2v) is 19.1. The van der Waals surface area contributed by atoms with Gasteiger partial charge in [0.15, 0.2) is 10.8 Å². The zero-order chi connectivity index (χ0) is 40.8. The van der Waals surface area contributed by atoms with E-state index in [9.17, 15) is 23.1 Å². The molecule has 0 aliphatic heterocycles. The smallest absolute Gasteiger partial charge is 0.355 e. The topological polar surface area (TPSA) is 201 Å². The lowest BCUT2D eigenvalue weighted by atomic mass is 9.52. The first-order chi connectivity index (χ1) is 27.7. The Kier molecular flexibility index (Phi) is 11.8. The van der Waals surface area contributed by atoms with Crippen LogP contribution in [0.25, 0.3) is 43.6 Å². The average Bonchev–Trinajstić information content (AvgIpc) is 3.87. The van der Waals surface area contributed by atoms with Crippen molar-refractivity contribution >= 4 is 59.6 Å². The first-order valence-electron chi connectivity index (χ1n) is 19.5. The van der Waals surface area contributed by atoms with E-state index in [1.807, 2.05) is 48.0 Å². The number of carbonyl (C=O) groups is 2. The largest absolute Gasteiger partial charge is 0.476 e. The summed E-state index contributed by atoms with van der Waals surface area (Å²) in [5, 5.41) is 22.5. The van der Waals surface area contributed by atoms with Crippen molar-refractivity contribution in [1.29, 1.82) is 0 Å². The van der Waals surface area contributed by atoms with Crippen molar-refractivity contribution in [1.82, 2.24) is 30.0 Å². The molecule has 16 heteroatoms. The number of amides is 1. The highest BCUT2D eigenvalue weighted by Crippen LogP contribution is 2.58. The first-order valence-corrected chi connectivity index (χ1v) is 21.9. The second-order valence-electron chi connectivity index (χ2n) is 16.5. The highest BCUT2D eigenvalue weighted by Gasteiger charge is 2.51. The van der Waals surface area contributed by atoms with Crippen LogP contribution in [0.2, 0.25) is 0 Å². The molecule has 5 N–H and O–H groups in total. The Labute approximate surface area is 347 Å². The van der Waals surface area contributed by atoms with Gasteiger partial charge in [-0.2, -0.15) is 13.5 Å². The van der Waals surface area contributed by atoms with Crippen molar-refractivity contribution in [2.45, 2.75) is 73.0 Å². The minimum absolute atomic E-state index is 0. The van der Waals surface area contributed by atoms with E-state index in [0.29, 0.717) is 64.3 Å². The number of anilines is 1. The fraction of sp³-hybridized carbons (Fsp3) is 0.419. The molecular formula is C43H51N7O7S2. The fourth-order valence-electron chi connectivity index (χ4n) is 9.80. The number of carboxylic acid groups (broad SMARTS) is 1. The van der Waals surface area contributed by atoms with E-state index in [4.69, 9.17) is 14.4 Å². The Bertz CT molecular complexity index is 2600. The first kappa shape index (κ1) is 42.1. The van der Waals surface area contributed by atoms with Crippen molar-refractivity contribution in [3.8, 4) is 22.5 Å². The monoisotopic (exact) mass is 841 g/mol. The summed E-state index contributed by atoms with van der Waals surface area (Å²) in [6, 6.07) is 18.5. The van der Waals surface area contributed by atoms with E-state index >= 15 is 0 Å². The van der Waals surface area contributed by atoms with E-state index in [-0.39, 0.29) is 48.3 Å². The third-order valence-electron chi connectivity index (χ3n) is 11.6. The molecule has 14 nitrogen and oxygen atoms in total. The summed E-state index contributed by atoms with van der Waals surface area (Å²) in [6.45, 7) is 8.37. The number of thiazole rings is 1. The van der Waals surface area contributed by atoms with Crippen molar-refractivity contribution in [3.63, 3.8) is 0 Å². The van der Waals surface area contributed by atoms with E-state index in [1.165, 1.54) is 11.3 Å². The summed E-state index contributed by atoms with van der Waals surface area (Å²) in [7, 11) is -4.01. The molecule has 0 saturated heterocycles. The number of aromatic amines is 1. The molecule has 59 heavy (non-hydrogen) atoms. The van der Waals surface area contributed by atoms with Gasteiger partial charge in [0, 0.05) is 41.8 Å². The van der Waals surface area contributed by atoms with Crippen LogP contribution in [-0.4, -0.2) is 86.2 Å². The molecule has 8 rings (SSSR count). The number of hydrogen-bond acceptors (Lipinski definition) is 10. The van der Waals surface area contributed by atoms with Gasteiger partial charge in [0.25, 0.3) is 16.0 Å². The molecule has 2 aliphatic rings. The van der Waals surface area contributed by atoms with Gasteiger partial charge in [0.1, 0.15) is 0 Å². The number of ether oxygens (including phenoxy) is 1. The molecule has 2 fully saturated rings. The van der Waals surface area contributed by atoms with Crippen LogP contribution in [0, 0.1) is 23.7 Å². The summed E-state index contributed by atoms with van der Waals surface area (Å²) in [5.41, 5.74) is 4.80. The molecule has 0 radical (unpaired) electrons. The predicted octanol–water partition coefficient (Wildman–Crippen LogP) is 8.07. The standard InChI is InChI=1S/C42H47N7O7S2.CH4/c1-25-18-41(3)20-28(56-15-13-43-14-16-58(53,54)55)21-42(19-25,23-41)24-49-26(2)31(22-44-49)29-11-12-32(45-37(29)39(51)52)34-17-27-7-6-8-30(36(27)46-34)38(50)48-40-47-33-9-4-5-10-35(33)57-40;/h4-12,17,22,25,28,43,46H,13-16,18-21,23-24H2,1-3H3,(H,51,52)(H,47,48,50)(H,53,54,55);1H4. The number of hydrogen-bond donors (Lipinski definition) is 5. The van der Waals surface area contributed by atoms with Gasteiger partial charge in [-0.05, 0) is 92.2 Å². The van der Waals surface area contributed by atoms with Gasteiger partial charge in [-0.3, -0.25) is 19.3 Å². The van der Waals surface area contributed by atoms with Crippen molar-refractivity contribution < 1.29 is 32.4 Å². The number of nitrogens with zero attached hydrogens (tertiary/aromatic N) is 4. The summed E-state index contributed by atoms with van der Waals surface area (Å²) >= 11 is 1.40. The number of fused-ring (bicyclic) bond motifs is 4. The maximum atomic E-state index is 13.5. The molecule has 2 aromatic carbocycles. The van der Waals surface area contributed by atoms with Crippen molar-refractivity contribution in [2.75, 3.05) is 30.8 Å². The Hall–Kier alpha value is -5.00. The molecule has 6 aromatic rings. The lowest BCUT2D eigenvalue weighted by Crippen LogP contribution is -2.49. The Balaban J connectivity index is 0.00000528. The zero-order valence-corrected chi connectivity index (χ0v) is 34.3. The van der Waals surface area contributed by atoms with Crippen LogP contribution >= 0.6 is 11.3 Å². The summed E-state index contributed by atoms with van der Waals surface area (Å²) in [4.78, 5) is 38.8. The van der Waals surface area contributed by atoms with Crippen LogP contribution in [0.3, 0.4) is 0 Å². The van der Waals surface area contributed by atoms with Crippen LogP contribution in [-0.2, 0) is 21.4 Å². The summed E-state index contributed by atoms with van der Waals surface area (Å²) in [5.74, 6) is -1.28. The third kappa shape index (κ3) is 9.11.